The van der Waals surface area contributed by atoms with Crippen LogP contribution in [0.25, 0.3) is 11.2 Å². The van der Waals surface area contributed by atoms with Crippen LogP contribution in [0.1, 0.15) is 12.6 Å². The Hall–Kier alpha value is -1.40. The van der Waals surface area contributed by atoms with Gasteiger partial charge in [-0.2, -0.15) is 4.98 Å². The van der Waals surface area contributed by atoms with Crippen LogP contribution in [0.5, 0.6) is 0 Å². The number of hydrogen-bond acceptors (Lipinski definition) is 8. The molecule has 3 atom stereocenters. The number of nitrogens with one attached hydrogen (secondary N) is 1. The van der Waals surface area contributed by atoms with Crippen molar-refractivity contribution in [3.05, 3.63) is 11.0 Å². The first-order valence-electron chi connectivity index (χ1n) is 6.50. The largest absolute Gasteiger partial charge is 0.469 e. The van der Waals surface area contributed by atoms with E-state index in [-0.39, 0.29) is 12.4 Å². The molecule has 0 spiro atoms. The summed E-state index contributed by atoms with van der Waals surface area (Å²) in [5.41, 5.74) is 6.45. The standard InChI is InChI=1S/C10H14N5O6PS/c11-10-13-8-7(9(23)14-10)12-3-15(8)6-1-4(16)5(21-6)2-20-22(17,18)19/h3-6,16H,1-2H2,(H2,17,18,19)(H3,11,13,14,23)/t4-,5+,6+/m0/s1. The molecule has 6 N–H and O–H groups in total. The lowest BCUT2D eigenvalue weighted by molar-refractivity contribution is -0.0424. The number of anilines is 1. The molecule has 3 rings (SSSR count). The van der Waals surface area contributed by atoms with E-state index in [1.165, 1.54) is 6.33 Å². The normalized spacial score (nSPS) is 25.3. The number of hydrogen-bond donors (Lipinski definition) is 5. The minimum Gasteiger partial charge on any atom is -0.390 e. The van der Waals surface area contributed by atoms with Crippen molar-refractivity contribution < 1.29 is 28.7 Å². The molecule has 0 saturated carbocycles. The molecule has 23 heavy (non-hydrogen) atoms. The predicted molar refractivity (Wildman–Crippen MR) is 79.7 cm³/mol. The maximum absolute atomic E-state index is 10.7. The molecular formula is C10H14N5O6PS. The van der Waals surface area contributed by atoms with E-state index in [4.69, 9.17) is 32.5 Å². The third-order valence-corrected chi connectivity index (χ3v) is 4.15. The van der Waals surface area contributed by atoms with Gasteiger partial charge in [-0.1, -0.05) is 12.2 Å². The Labute approximate surface area is 134 Å². The van der Waals surface area contributed by atoms with Crippen molar-refractivity contribution in [2.75, 3.05) is 12.3 Å². The van der Waals surface area contributed by atoms with Crippen LogP contribution in [0.2, 0.25) is 0 Å². The summed E-state index contributed by atoms with van der Waals surface area (Å²) >= 11 is 5.11. The van der Waals surface area contributed by atoms with E-state index in [9.17, 15) is 9.67 Å². The van der Waals surface area contributed by atoms with Crippen LogP contribution in [-0.2, 0) is 13.8 Å². The molecule has 0 radical (unpaired) electrons. The monoisotopic (exact) mass is 363 g/mol. The quantitative estimate of drug-likeness (QED) is 0.363. The van der Waals surface area contributed by atoms with E-state index in [2.05, 4.69) is 19.5 Å². The second-order valence-corrected chi connectivity index (χ2v) is 6.64. The number of phosphoric ester groups is 1. The highest BCUT2D eigenvalue weighted by Crippen LogP contribution is 2.38. The fourth-order valence-electron chi connectivity index (χ4n) is 2.36. The van der Waals surface area contributed by atoms with E-state index < -0.39 is 32.9 Å². The molecule has 0 aliphatic carbocycles. The minimum absolute atomic E-state index is 0.115. The maximum Gasteiger partial charge on any atom is 0.469 e. The van der Waals surface area contributed by atoms with E-state index in [0.29, 0.717) is 15.8 Å². The third-order valence-electron chi connectivity index (χ3n) is 3.37. The lowest BCUT2D eigenvalue weighted by atomic mass is 10.2. The van der Waals surface area contributed by atoms with Crippen LogP contribution in [-0.4, -0.2) is 53.2 Å². The smallest absolute Gasteiger partial charge is 0.390 e. The van der Waals surface area contributed by atoms with Crippen molar-refractivity contribution in [2.45, 2.75) is 24.9 Å². The fourth-order valence-corrected chi connectivity index (χ4v) is 2.95. The zero-order valence-electron chi connectivity index (χ0n) is 11.6. The van der Waals surface area contributed by atoms with E-state index in [1.807, 2.05) is 0 Å². The SMILES string of the molecule is Nc1nc2c(ncn2[C@H]2C[C@H](O)[C@@H](COP(=O)(O)O)O2)c(=S)[nH]1. The van der Waals surface area contributed by atoms with Crippen LogP contribution < -0.4 is 5.73 Å². The first-order valence-corrected chi connectivity index (χ1v) is 8.44. The average molecular weight is 363 g/mol. The molecule has 1 aliphatic rings. The number of imidazole rings is 1. The number of rotatable bonds is 4. The second kappa shape index (κ2) is 5.91. The van der Waals surface area contributed by atoms with Gasteiger partial charge in [0.2, 0.25) is 5.95 Å². The van der Waals surface area contributed by atoms with Gasteiger partial charge in [-0.25, -0.2) is 9.55 Å². The van der Waals surface area contributed by atoms with Gasteiger partial charge >= 0.3 is 7.82 Å². The molecule has 126 valence electrons. The summed E-state index contributed by atoms with van der Waals surface area (Å²) in [6.45, 7) is -0.440. The molecule has 2 aromatic heterocycles. The first-order chi connectivity index (χ1) is 10.7. The molecule has 0 unspecified atom stereocenters. The van der Waals surface area contributed by atoms with Crippen molar-refractivity contribution in [3.63, 3.8) is 0 Å². The van der Waals surface area contributed by atoms with E-state index >= 15 is 0 Å². The fraction of sp³-hybridized carbons (Fsp3) is 0.500. The van der Waals surface area contributed by atoms with Gasteiger partial charge in [0.25, 0.3) is 0 Å². The Morgan fingerprint density at radius 2 is 2.35 bits per heavy atom. The topological polar surface area (TPSA) is 169 Å². The molecule has 1 fully saturated rings. The average Bonchev–Trinajstić information content (AvgIpc) is 2.99. The Bertz CT molecular complexity index is 833. The van der Waals surface area contributed by atoms with E-state index in [0.717, 1.165) is 0 Å². The molecular weight excluding hydrogens is 349 g/mol. The Kier molecular flexibility index (Phi) is 4.23. The number of H-pyrrole nitrogens is 1. The molecule has 0 aromatic carbocycles. The summed E-state index contributed by atoms with van der Waals surface area (Å²) in [6.07, 6.45) is -0.859. The second-order valence-electron chi connectivity index (χ2n) is 4.99. The Morgan fingerprint density at radius 3 is 3.04 bits per heavy atom. The summed E-state index contributed by atoms with van der Waals surface area (Å²) in [7, 11) is -4.63. The highest BCUT2D eigenvalue weighted by molar-refractivity contribution is 7.71. The summed E-state index contributed by atoms with van der Waals surface area (Å²) in [4.78, 5) is 28.4. The van der Waals surface area contributed by atoms with Crippen LogP contribution in [0.4, 0.5) is 5.95 Å². The molecule has 0 bridgehead atoms. The van der Waals surface area contributed by atoms with Gasteiger partial charge in [-0.3, -0.25) is 9.09 Å². The predicted octanol–water partition coefficient (Wildman–Crippen LogP) is -0.171. The van der Waals surface area contributed by atoms with Crippen molar-refractivity contribution in [2.24, 2.45) is 0 Å². The summed E-state index contributed by atoms with van der Waals surface area (Å²) in [5, 5.41) is 9.97. The zero-order valence-corrected chi connectivity index (χ0v) is 13.3. The van der Waals surface area contributed by atoms with Crippen LogP contribution in [0.15, 0.2) is 6.33 Å². The van der Waals surface area contributed by atoms with Crippen molar-refractivity contribution in [1.29, 1.82) is 0 Å². The number of nitrogen functional groups attached to an aromatic ring is 1. The lowest BCUT2D eigenvalue weighted by Gasteiger charge is -2.16. The van der Waals surface area contributed by atoms with Crippen molar-refractivity contribution in [1.82, 2.24) is 19.5 Å². The number of ether oxygens (including phenoxy) is 1. The van der Waals surface area contributed by atoms with Crippen LogP contribution in [0.3, 0.4) is 0 Å². The lowest BCUT2D eigenvalue weighted by Crippen LogP contribution is -2.25. The van der Waals surface area contributed by atoms with Gasteiger partial charge in [-0.15, -0.1) is 0 Å². The summed E-state index contributed by atoms with van der Waals surface area (Å²) in [6, 6.07) is 0. The Morgan fingerprint density at radius 1 is 1.61 bits per heavy atom. The molecule has 2 aromatic rings. The summed E-state index contributed by atoms with van der Waals surface area (Å²) in [5.74, 6) is 0.115. The van der Waals surface area contributed by atoms with Gasteiger partial charge in [-0.05, 0) is 0 Å². The molecule has 1 saturated heterocycles. The first kappa shape index (κ1) is 16.5. The number of aliphatic hydroxyl groups excluding tert-OH is 1. The highest BCUT2D eigenvalue weighted by atomic mass is 32.1. The number of aromatic nitrogens is 4. The van der Waals surface area contributed by atoms with Crippen molar-refractivity contribution >= 4 is 37.2 Å². The molecule has 11 nitrogen and oxygen atoms in total. The minimum atomic E-state index is -4.63. The molecule has 3 heterocycles. The molecule has 13 heteroatoms. The molecule has 0 amide bonds. The summed E-state index contributed by atoms with van der Waals surface area (Å²) < 4.78 is 22.6. The van der Waals surface area contributed by atoms with Crippen molar-refractivity contribution in [3.8, 4) is 0 Å². The van der Waals surface area contributed by atoms with E-state index in [1.54, 1.807) is 4.57 Å². The number of phosphoric acid groups is 1. The zero-order chi connectivity index (χ0) is 16.8. The number of aliphatic hydroxyl groups is 1. The van der Waals surface area contributed by atoms with Gasteiger partial charge in [0, 0.05) is 6.42 Å². The van der Waals surface area contributed by atoms with Crippen LogP contribution in [0, 0.1) is 4.64 Å². The highest BCUT2D eigenvalue weighted by Gasteiger charge is 2.37. The number of aromatic amines is 1. The Balaban J connectivity index is 1.84. The van der Waals surface area contributed by atoms with Crippen LogP contribution >= 0.6 is 20.0 Å². The van der Waals surface area contributed by atoms with Gasteiger partial charge in [0.15, 0.2) is 5.65 Å². The maximum atomic E-state index is 10.7. The van der Waals surface area contributed by atoms with Gasteiger partial charge in [0.05, 0.1) is 19.0 Å². The number of nitrogens with two attached hydrogens (primary N) is 1. The third kappa shape index (κ3) is 3.43. The van der Waals surface area contributed by atoms with Gasteiger partial charge in [0.1, 0.15) is 22.5 Å². The van der Waals surface area contributed by atoms with Gasteiger partial charge < -0.3 is 30.3 Å². The number of fused-ring (bicyclic) bond motifs is 1. The molecule has 1 aliphatic heterocycles. The number of nitrogens with zero attached hydrogens (tertiary/aromatic N) is 3.